The molecule has 0 spiro atoms. The smallest absolute Gasteiger partial charge is 0.254 e. The molecule has 8 heteroatoms. The Bertz CT molecular complexity index is 1060. The first-order valence-electron chi connectivity index (χ1n) is 11.0. The maximum absolute atomic E-state index is 12.4. The van der Waals surface area contributed by atoms with Gasteiger partial charge in [0.2, 0.25) is 11.8 Å². The quantitative estimate of drug-likeness (QED) is 0.567. The predicted octanol–water partition coefficient (Wildman–Crippen LogP) is 3.75. The van der Waals surface area contributed by atoms with Gasteiger partial charge in [-0.3, -0.25) is 9.78 Å². The summed E-state index contributed by atoms with van der Waals surface area (Å²) >= 11 is 0. The van der Waals surface area contributed by atoms with Crippen LogP contribution in [0.25, 0.3) is 11.5 Å². The molecule has 0 aromatic carbocycles. The van der Waals surface area contributed by atoms with Crippen LogP contribution in [-0.4, -0.2) is 37.6 Å². The summed E-state index contributed by atoms with van der Waals surface area (Å²) in [6.45, 7) is 7.23. The van der Waals surface area contributed by atoms with Gasteiger partial charge in [0.05, 0.1) is 5.56 Å². The minimum Gasteiger partial charge on any atom is -0.421 e. The van der Waals surface area contributed by atoms with Gasteiger partial charge >= 0.3 is 0 Å². The number of rotatable bonds is 7. The number of carbonyl (C=O) groups excluding carboxylic acids is 1. The molecule has 0 bridgehead atoms. The van der Waals surface area contributed by atoms with Gasteiger partial charge in [0.25, 0.3) is 5.91 Å². The Morgan fingerprint density at radius 2 is 1.91 bits per heavy atom. The van der Waals surface area contributed by atoms with Crippen molar-refractivity contribution in [2.75, 3.05) is 6.54 Å². The molecular formula is C24H28N6O2. The molecule has 3 heterocycles. The number of allylic oxidation sites excluding steroid dienone is 1. The Balaban J connectivity index is 1.43. The maximum atomic E-state index is 12.4. The Morgan fingerprint density at radius 3 is 2.62 bits per heavy atom. The topological polar surface area (TPSA) is 107 Å². The second-order valence-electron chi connectivity index (χ2n) is 8.69. The lowest BCUT2D eigenvalue weighted by Crippen LogP contribution is -2.37. The van der Waals surface area contributed by atoms with Crippen LogP contribution in [-0.2, 0) is 6.42 Å². The number of amides is 1. The van der Waals surface area contributed by atoms with E-state index in [0.717, 1.165) is 12.0 Å². The first kappa shape index (κ1) is 21.8. The van der Waals surface area contributed by atoms with Crippen molar-refractivity contribution in [3.05, 3.63) is 66.4 Å². The van der Waals surface area contributed by atoms with Gasteiger partial charge in [0.1, 0.15) is 6.33 Å². The molecule has 0 saturated heterocycles. The summed E-state index contributed by atoms with van der Waals surface area (Å²) in [6, 6.07) is 3.72. The van der Waals surface area contributed by atoms with E-state index in [0.29, 0.717) is 48.1 Å². The van der Waals surface area contributed by atoms with Crippen LogP contribution >= 0.6 is 0 Å². The van der Waals surface area contributed by atoms with E-state index in [4.69, 9.17) is 4.42 Å². The summed E-state index contributed by atoms with van der Waals surface area (Å²) in [5, 5.41) is 11.5. The van der Waals surface area contributed by atoms with Crippen molar-refractivity contribution in [3.63, 3.8) is 0 Å². The zero-order valence-electron chi connectivity index (χ0n) is 18.6. The van der Waals surface area contributed by atoms with Crippen molar-refractivity contribution in [1.29, 1.82) is 0 Å². The number of nitrogens with zero attached hydrogens (tertiary/aromatic N) is 5. The number of hydrogen-bond acceptors (Lipinski definition) is 7. The Labute approximate surface area is 187 Å². The molecule has 1 amide bonds. The van der Waals surface area contributed by atoms with E-state index in [1.165, 1.54) is 24.3 Å². The highest BCUT2D eigenvalue weighted by Gasteiger charge is 2.32. The lowest BCUT2D eigenvalue weighted by atomic mass is 9.70. The highest BCUT2D eigenvalue weighted by atomic mass is 16.4. The summed E-state index contributed by atoms with van der Waals surface area (Å²) in [4.78, 5) is 24.3. The van der Waals surface area contributed by atoms with Gasteiger partial charge in [-0.2, -0.15) is 0 Å². The predicted molar refractivity (Wildman–Crippen MR) is 119 cm³/mol. The Morgan fingerprint density at radius 1 is 1.16 bits per heavy atom. The van der Waals surface area contributed by atoms with E-state index in [-0.39, 0.29) is 11.8 Å². The molecule has 3 aromatic heterocycles. The Kier molecular flexibility index (Phi) is 6.68. The normalized spacial score (nSPS) is 20.8. The minimum absolute atomic E-state index is 0.143. The van der Waals surface area contributed by atoms with Gasteiger partial charge in [0, 0.05) is 43.3 Å². The number of pyridine rings is 1. The van der Waals surface area contributed by atoms with Gasteiger partial charge < -0.3 is 9.73 Å². The zero-order valence-corrected chi connectivity index (χ0v) is 18.6. The fourth-order valence-corrected chi connectivity index (χ4v) is 4.39. The fraction of sp³-hybridized carbons (Fsp3) is 0.417. The van der Waals surface area contributed by atoms with Gasteiger partial charge in [-0.1, -0.05) is 25.5 Å². The lowest BCUT2D eigenvalue weighted by Gasteiger charge is -2.37. The van der Waals surface area contributed by atoms with Gasteiger partial charge in [-0.05, 0) is 49.1 Å². The molecule has 1 aliphatic rings. The van der Waals surface area contributed by atoms with E-state index in [1.807, 2.05) is 12.1 Å². The van der Waals surface area contributed by atoms with Crippen molar-refractivity contribution >= 4 is 5.91 Å². The van der Waals surface area contributed by atoms with Crippen molar-refractivity contribution in [1.82, 2.24) is 30.5 Å². The van der Waals surface area contributed by atoms with E-state index in [9.17, 15) is 4.79 Å². The van der Waals surface area contributed by atoms with Crippen LogP contribution in [0.3, 0.4) is 0 Å². The molecular weight excluding hydrogens is 404 g/mol. The second-order valence-corrected chi connectivity index (χ2v) is 8.69. The molecule has 3 atom stereocenters. The average Bonchev–Trinajstić information content (AvgIpc) is 3.28. The van der Waals surface area contributed by atoms with Gasteiger partial charge in [-0.25, -0.2) is 9.97 Å². The molecule has 32 heavy (non-hydrogen) atoms. The second kappa shape index (κ2) is 9.80. The van der Waals surface area contributed by atoms with Crippen LogP contribution < -0.4 is 5.32 Å². The summed E-state index contributed by atoms with van der Waals surface area (Å²) < 4.78 is 5.93. The number of aromatic nitrogens is 5. The van der Waals surface area contributed by atoms with Crippen molar-refractivity contribution in [2.45, 2.75) is 33.6 Å². The molecule has 8 nitrogen and oxygen atoms in total. The largest absolute Gasteiger partial charge is 0.421 e. The van der Waals surface area contributed by atoms with Crippen LogP contribution in [0.5, 0.6) is 0 Å². The van der Waals surface area contributed by atoms with E-state index >= 15 is 0 Å². The van der Waals surface area contributed by atoms with Crippen LogP contribution in [0.2, 0.25) is 0 Å². The van der Waals surface area contributed by atoms with E-state index in [2.05, 4.69) is 57.3 Å². The number of carbonyl (C=O) groups is 1. The SMILES string of the molecule is CC1=C[C@@H](CNC(=O)c2cncnc2)[C@H](C(C)C)C[C@H]1Cc1nnc(-c2ccncc2)o1. The summed E-state index contributed by atoms with van der Waals surface area (Å²) in [7, 11) is 0. The van der Waals surface area contributed by atoms with Crippen LogP contribution in [0.15, 0.2) is 59.3 Å². The summed E-state index contributed by atoms with van der Waals surface area (Å²) in [6.07, 6.45) is 11.9. The maximum Gasteiger partial charge on any atom is 0.254 e. The molecule has 0 unspecified atom stereocenters. The Hall–Kier alpha value is -3.42. The molecule has 0 saturated carbocycles. The zero-order chi connectivity index (χ0) is 22.5. The van der Waals surface area contributed by atoms with Gasteiger partial charge in [0.15, 0.2) is 0 Å². The third-order valence-corrected chi connectivity index (χ3v) is 6.22. The molecule has 1 N–H and O–H groups in total. The van der Waals surface area contributed by atoms with E-state index < -0.39 is 0 Å². The number of nitrogens with one attached hydrogen (secondary N) is 1. The lowest BCUT2D eigenvalue weighted by molar-refractivity contribution is 0.0938. The molecule has 0 fully saturated rings. The number of hydrogen-bond donors (Lipinski definition) is 1. The minimum atomic E-state index is -0.143. The standard InChI is InChI=1S/C24H28N6O2/c1-15(2)21-9-18(10-22-29-30-24(32-22)17-4-6-25-7-5-17)16(3)8-19(21)13-28-23(31)20-11-26-14-27-12-20/h4-8,11-12,14-15,18-19,21H,9-10,13H2,1-3H3,(H,28,31)/t18-,19-,21-/m0/s1. The third-order valence-electron chi connectivity index (χ3n) is 6.22. The molecule has 0 aliphatic heterocycles. The monoisotopic (exact) mass is 432 g/mol. The van der Waals surface area contributed by atoms with Crippen molar-refractivity contribution in [2.24, 2.45) is 23.7 Å². The van der Waals surface area contributed by atoms with Crippen molar-refractivity contribution < 1.29 is 9.21 Å². The van der Waals surface area contributed by atoms with Crippen molar-refractivity contribution in [3.8, 4) is 11.5 Å². The molecule has 1 aliphatic carbocycles. The van der Waals surface area contributed by atoms with E-state index in [1.54, 1.807) is 12.4 Å². The summed E-state index contributed by atoms with van der Waals surface area (Å²) in [5.74, 6) is 2.56. The third kappa shape index (κ3) is 5.07. The summed E-state index contributed by atoms with van der Waals surface area (Å²) in [5.41, 5.74) is 2.64. The molecule has 166 valence electrons. The van der Waals surface area contributed by atoms with Gasteiger partial charge in [-0.15, -0.1) is 10.2 Å². The molecule has 4 rings (SSSR count). The average molecular weight is 433 g/mol. The molecule has 0 radical (unpaired) electrons. The first-order chi connectivity index (χ1) is 15.5. The highest BCUT2D eigenvalue weighted by molar-refractivity contribution is 5.93. The van der Waals surface area contributed by atoms with Crippen LogP contribution in [0.4, 0.5) is 0 Å². The molecule has 3 aromatic rings. The highest BCUT2D eigenvalue weighted by Crippen LogP contribution is 2.38. The first-order valence-corrected chi connectivity index (χ1v) is 11.0. The van der Waals surface area contributed by atoms with Crippen LogP contribution in [0, 0.1) is 23.7 Å². The fourth-order valence-electron chi connectivity index (χ4n) is 4.39. The van der Waals surface area contributed by atoms with Crippen LogP contribution in [0.1, 0.15) is 43.4 Å².